The molecule has 0 saturated carbocycles. The van der Waals surface area contributed by atoms with Crippen molar-refractivity contribution in [1.82, 2.24) is 20.6 Å². The molecule has 2 heterocycles. The third kappa shape index (κ3) is 5.32. The lowest BCUT2D eigenvalue weighted by Crippen LogP contribution is -2.39. The van der Waals surface area contributed by atoms with Crippen LogP contribution in [0.1, 0.15) is 10.7 Å². The van der Waals surface area contributed by atoms with Gasteiger partial charge in [0.25, 0.3) is 0 Å². The fourth-order valence-electron chi connectivity index (χ4n) is 2.44. The second-order valence-electron chi connectivity index (χ2n) is 5.79. The number of benzene rings is 1. The maximum absolute atomic E-state index is 12.6. The first kappa shape index (κ1) is 19.9. The second-order valence-corrected chi connectivity index (χ2v) is 6.74. The van der Waals surface area contributed by atoms with Crippen molar-refractivity contribution in [3.05, 3.63) is 52.5 Å². The van der Waals surface area contributed by atoms with Crippen molar-refractivity contribution < 1.29 is 13.2 Å². The smallest absolute Gasteiger partial charge is 0.368 e. The number of guanidine groups is 1. The highest BCUT2D eigenvalue weighted by Gasteiger charge is 2.33. The number of nitrogens with zero attached hydrogens (tertiary/aromatic N) is 3. The molecule has 3 N–H and O–H groups in total. The molecule has 0 saturated heterocycles. The molecule has 0 unspecified atom stereocenters. The number of pyridine rings is 1. The summed E-state index contributed by atoms with van der Waals surface area (Å²) in [6, 6.07) is 11.8. The normalized spacial score (nSPS) is 12.2. The van der Waals surface area contributed by atoms with E-state index in [1.54, 1.807) is 7.05 Å². The van der Waals surface area contributed by atoms with E-state index >= 15 is 0 Å². The van der Waals surface area contributed by atoms with Crippen molar-refractivity contribution in [2.24, 2.45) is 4.99 Å². The van der Waals surface area contributed by atoms with Crippen LogP contribution in [0, 0.1) is 0 Å². The molecule has 3 rings (SSSR count). The minimum absolute atomic E-state index is 0.167. The highest BCUT2D eigenvalue weighted by atomic mass is 32.1. The summed E-state index contributed by atoms with van der Waals surface area (Å²) in [5.41, 5.74) is 0.0453. The van der Waals surface area contributed by atoms with Crippen molar-refractivity contribution in [3.63, 3.8) is 0 Å². The zero-order valence-electron chi connectivity index (χ0n) is 15.0. The minimum Gasteiger partial charge on any atom is -0.368 e. The molecule has 0 fully saturated rings. The van der Waals surface area contributed by atoms with Gasteiger partial charge in [-0.15, -0.1) is 11.3 Å². The molecule has 0 radical (unpaired) electrons. The number of aliphatic imine (C=N–C) groups is 1. The monoisotopic (exact) mass is 408 g/mol. The second kappa shape index (κ2) is 8.87. The highest BCUT2D eigenvalue weighted by molar-refractivity contribution is 7.09. The SMILES string of the molecule is CN=C(NCCNc1ccc2ccccc2n1)NCc1nc(C(F)(F)F)cs1. The predicted molar refractivity (Wildman–Crippen MR) is 106 cm³/mol. The fraction of sp³-hybridized carbons (Fsp3) is 0.278. The summed E-state index contributed by atoms with van der Waals surface area (Å²) < 4.78 is 37.7. The van der Waals surface area contributed by atoms with Crippen LogP contribution in [-0.4, -0.2) is 36.1 Å². The van der Waals surface area contributed by atoms with Gasteiger partial charge in [-0.1, -0.05) is 18.2 Å². The number of thiazole rings is 1. The summed E-state index contributed by atoms with van der Waals surface area (Å²) in [7, 11) is 1.59. The third-order valence-electron chi connectivity index (χ3n) is 3.79. The molecule has 2 aromatic heterocycles. The number of rotatable bonds is 6. The Morgan fingerprint density at radius 2 is 1.89 bits per heavy atom. The topological polar surface area (TPSA) is 74.2 Å². The highest BCUT2D eigenvalue weighted by Crippen LogP contribution is 2.29. The summed E-state index contributed by atoms with van der Waals surface area (Å²) >= 11 is 0.958. The van der Waals surface area contributed by atoms with Crippen molar-refractivity contribution in [1.29, 1.82) is 0 Å². The van der Waals surface area contributed by atoms with Gasteiger partial charge in [0.05, 0.1) is 12.1 Å². The van der Waals surface area contributed by atoms with E-state index in [-0.39, 0.29) is 6.54 Å². The van der Waals surface area contributed by atoms with Crippen LogP contribution >= 0.6 is 11.3 Å². The van der Waals surface area contributed by atoms with Crippen LogP contribution in [0.5, 0.6) is 0 Å². The number of anilines is 1. The number of hydrogen-bond donors (Lipinski definition) is 3. The number of fused-ring (bicyclic) bond motifs is 1. The van der Waals surface area contributed by atoms with Gasteiger partial charge in [0, 0.05) is 30.9 Å². The molecule has 0 aliphatic heterocycles. The molecule has 148 valence electrons. The van der Waals surface area contributed by atoms with Gasteiger partial charge in [0.1, 0.15) is 10.8 Å². The Labute approximate surface area is 163 Å². The van der Waals surface area contributed by atoms with Crippen LogP contribution in [0.25, 0.3) is 10.9 Å². The number of para-hydroxylation sites is 1. The molecule has 28 heavy (non-hydrogen) atoms. The Bertz CT molecular complexity index is 954. The minimum atomic E-state index is -4.42. The molecule has 0 atom stereocenters. The number of alkyl halides is 3. The maximum atomic E-state index is 12.6. The summed E-state index contributed by atoms with van der Waals surface area (Å²) in [6.45, 7) is 1.32. The van der Waals surface area contributed by atoms with Gasteiger partial charge in [0.2, 0.25) is 0 Å². The number of hydrogen-bond acceptors (Lipinski definition) is 5. The van der Waals surface area contributed by atoms with E-state index in [2.05, 4.69) is 30.9 Å². The fourth-order valence-corrected chi connectivity index (χ4v) is 3.18. The lowest BCUT2D eigenvalue weighted by atomic mass is 10.2. The van der Waals surface area contributed by atoms with E-state index in [1.165, 1.54) is 0 Å². The van der Waals surface area contributed by atoms with E-state index in [9.17, 15) is 13.2 Å². The molecular weight excluding hydrogens is 389 g/mol. The zero-order chi connectivity index (χ0) is 20.0. The van der Waals surface area contributed by atoms with E-state index in [0.717, 1.165) is 33.4 Å². The summed E-state index contributed by atoms with van der Waals surface area (Å²) in [6.07, 6.45) is -4.42. The first-order valence-corrected chi connectivity index (χ1v) is 9.39. The molecule has 10 heteroatoms. The molecule has 0 aliphatic rings. The Morgan fingerprint density at radius 3 is 2.64 bits per heavy atom. The van der Waals surface area contributed by atoms with Crippen LogP contribution < -0.4 is 16.0 Å². The summed E-state index contributed by atoms with van der Waals surface area (Å²) in [5, 5.41) is 11.7. The molecule has 6 nitrogen and oxygen atoms in total. The Kier molecular flexibility index (Phi) is 6.30. The molecule has 3 aromatic rings. The number of halogens is 3. The lowest BCUT2D eigenvalue weighted by Gasteiger charge is -2.12. The summed E-state index contributed by atoms with van der Waals surface area (Å²) in [5.74, 6) is 1.25. The van der Waals surface area contributed by atoms with Crippen LogP contribution in [0.15, 0.2) is 46.8 Å². The quantitative estimate of drug-likeness (QED) is 0.331. The molecule has 0 spiro atoms. The zero-order valence-corrected chi connectivity index (χ0v) is 15.9. The van der Waals surface area contributed by atoms with Crippen LogP contribution in [0.3, 0.4) is 0 Å². The van der Waals surface area contributed by atoms with Gasteiger partial charge in [-0.25, -0.2) is 9.97 Å². The predicted octanol–water partition coefficient (Wildman–Crippen LogP) is 3.49. The standard InChI is InChI=1S/C18H19F3N6S/c1-22-17(25-10-16-27-14(11-28-16)18(19,20)21)24-9-8-23-15-7-6-12-4-2-3-5-13(12)26-15/h2-7,11H,8-10H2,1H3,(H,23,26)(H2,22,24,25). The molecule has 0 aliphatic carbocycles. The molecule has 0 amide bonds. The van der Waals surface area contributed by atoms with Crippen molar-refractivity contribution in [2.75, 3.05) is 25.5 Å². The van der Waals surface area contributed by atoms with E-state index in [4.69, 9.17) is 0 Å². The van der Waals surface area contributed by atoms with Crippen LogP contribution in [0.2, 0.25) is 0 Å². The van der Waals surface area contributed by atoms with Crippen LogP contribution in [0.4, 0.5) is 19.0 Å². The maximum Gasteiger partial charge on any atom is 0.434 e. The van der Waals surface area contributed by atoms with Gasteiger partial charge in [-0.3, -0.25) is 4.99 Å². The van der Waals surface area contributed by atoms with E-state index in [1.807, 2.05) is 36.4 Å². The Morgan fingerprint density at radius 1 is 1.07 bits per heavy atom. The number of nitrogens with one attached hydrogen (secondary N) is 3. The van der Waals surface area contributed by atoms with Gasteiger partial charge in [-0.2, -0.15) is 13.2 Å². The largest absolute Gasteiger partial charge is 0.434 e. The van der Waals surface area contributed by atoms with E-state index in [0.29, 0.717) is 24.1 Å². The molecule has 1 aromatic carbocycles. The van der Waals surface area contributed by atoms with Gasteiger partial charge in [-0.05, 0) is 18.2 Å². The molecular formula is C18H19F3N6S. The first-order valence-electron chi connectivity index (χ1n) is 8.51. The van der Waals surface area contributed by atoms with Crippen LogP contribution in [-0.2, 0) is 12.7 Å². The van der Waals surface area contributed by atoms with E-state index < -0.39 is 11.9 Å². The van der Waals surface area contributed by atoms with Gasteiger partial charge < -0.3 is 16.0 Å². The Hall–Kier alpha value is -2.88. The van der Waals surface area contributed by atoms with Crippen molar-refractivity contribution in [2.45, 2.75) is 12.7 Å². The molecule has 0 bridgehead atoms. The average molecular weight is 408 g/mol. The average Bonchev–Trinajstić information content (AvgIpc) is 3.17. The van der Waals surface area contributed by atoms with Crippen molar-refractivity contribution >= 4 is 34.0 Å². The Balaban J connectivity index is 1.43. The van der Waals surface area contributed by atoms with Crippen molar-refractivity contribution in [3.8, 4) is 0 Å². The third-order valence-corrected chi connectivity index (χ3v) is 4.64. The van der Waals surface area contributed by atoms with Gasteiger partial charge >= 0.3 is 6.18 Å². The lowest BCUT2D eigenvalue weighted by molar-refractivity contribution is -0.140. The van der Waals surface area contributed by atoms with Gasteiger partial charge in [0.15, 0.2) is 11.7 Å². The first-order chi connectivity index (χ1) is 13.5. The summed E-state index contributed by atoms with van der Waals surface area (Å²) in [4.78, 5) is 12.2. The number of aromatic nitrogens is 2.